The van der Waals surface area contributed by atoms with Crippen molar-refractivity contribution >= 4 is 16.9 Å². The van der Waals surface area contributed by atoms with Crippen LogP contribution in [0.15, 0.2) is 24.3 Å². The van der Waals surface area contributed by atoms with Gasteiger partial charge in [0.15, 0.2) is 0 Å². The number of aromatic nitrogens is 2. The third kappa shape index (κ3) is 1.90. The van der Waals surface area contributed by atoms with Gasteiger partial charge in [0.2, 0.25) is 5.91 Å². The smallest absolute Gasteiger partial charge is 0.232 e. The number of fused-ring (bicyclic) bond motifs is 1. The maximum Gasteiger partial charge on any atom is 0.232 e. The second-order valence-corrected chi connectivity index (χ2v) is 4.47. The van der Waals surface area contributed by atoms with Crippen LogP contribution in [0.25, 0.3) is 11.0 Å². The topological polar surface area (TPSA) is 38.1 Å². The van der Waals surface area contributed by atoms with Crippen LogP contribution in [-0.2, 0) is 11.8 Å². The molecule has 0 aliphatic carbocycles. The summed E-state index contributed by atoms with van der Waals surface area (Å²) in [6.07, 6.45) is 0. The SMILES string of the molecule is CC(C(=O)N(C)C)c1nc2ccccc2n1C. The Labute approximate surface area is 101 Å². The van der Waals surface area contributed by atoms with E-state index in [1.807, 2.05) is 42.8 Å². The second-order valence-electron chi connectivity index (χ2n) is 4.47. The van der Waals surface area contributed by atoms with E-state index in [-0.39, 0.29) is 11.8 Å². The fourth-order valence-corrected chi connectivity index (χ4v) is 2.05. The van der Waals surface area contributed by atoms with Crippen molar-refractivity contribution in [2.24, 2.45) is 7.05 Å². The summed E-state index contributed by atoms with van der Waals surface area (Å²) in [5, 5.41) is 0. The molecule has 0 N–H and O–H groups in total. The highest BCUT2D eigenvalue weighted by Gasteiger charge is 2.22. The van der Waals surface area contributed by atoms with Crippen LogP contribution in [0.3, 0.4) is 0 Å². The lowest BCUT2D eigenvalue weighted by Crippen LogP contribution is -2.28. The quantitative estimate of drug-likeness (QED) is 0.790. The fraction of sp³-hybridized carbons (Fsp3) is 0.385. The third-order valence-electron chi connectivity index (χ3n) is 3.02. The van der Waals surface area contributed by atoms with E-state index < -0.39 is 0 Å². The highest BCUT2D eigenvalue weighted by molar-refractivity contribution is 5.84. The molecule has 2 aromatic rings. The van der Waals surface area contributed by atoms with E-state index >= 15 is 0 Å². The summed E-state index contributed by atoms with van der Waals surface area (Å²) in [6, 6.07) is 7.91. The Morgan fingerprint density at radius 2 is 2.00 bits per heavy atom. The number of amides is 1. The molecule has 1 amide bonds. The molecule has 0 spiro atoms. The van der Waals surface area contributed by atoms with Crippen molar-refractivity contribution in [3.63, 3.8) is 0 Å². The van der Waals surface area contributed by atoms with Crippen LogP contribution < -0.4 is 0 Å². The van der Waals surface area contributed by atoms with E-state index in [1.165, 1.54) is 0 Å². The molecule has 0 bridgehead atoms. The maximum atomic E-state index is 11.9. The van der Waals surface area contributed by atoms with Crippen molar-refractivity contribution in [2.75, 3.05) is 14.1 Å². The van der Waals surface area contributed by atoms with Crippen molar-refractivity contribution in [3.8, 4) is 0 Å². The number of hydrogen-bond donors (Lipinski definition) is 0. The van der Waals surface area contributed by atoms with E-state index in [1.54, 1.807) is 19.0 Å². The number of hydrogen-bond acceptors (Lipinski definition) is 2. The molecule has 0 aliphatic heterocycles. The number of benzene rings is 1. The zero-order valence-corrected chi connectivity index (χ0v) is 10.6. The molecule has 0 radical (unpaired) electrons. The van der Waals surface area contributed by atoms with Crippen molar-refractivity contribution in [3.05, 3.63) is 30.1 Å². The normalized spacial score (nSPS) is 12.7. The van der Waals surface area contributed by atoms with E-state index in [4.69, 9.17) is 0 Å². The molecule has 4 heteroatoms. The van der Waals surface area contributed by atoms with Crippen LogP contribution >= 0.6 is 0 Å². The first-order valence-corrected chi connectivity index (χ1v) is 5.65. The Kier molecular flexibility index (Phi) is 2.88. The van der Waals surface area contributed by atoms with Crippen LogP contribution in [0.1, 0.15) is 18.7 Å². The summed E-state index contributed by atoms with van der Waals surface area (Å²) < 4.78 is 1.99. The summed E-state index contributed by atoms with van der Waals surface area (Å²) in [6.45, 7) is 1.89. The van der Waals surface area contributed by atoms with Gasteiger partial charge in [-0.25, -0.2) is 4.98 Å². The van der Waals surface area contributed by atoms with Crippen molar-refractivity contribution in [1.82, 2.24) is 14.5 Å². The van der Waals surface area contributed by atoms with Gasteiger partial charge in [-0.1, -0.05) is 12.1 Å². The zero-order chi connectivity index (χ0) is 12.6. The zero-order valence-electron chi connectivity index (χ0n) is 10.6. The molecule has 0 aliphatic rings. The van der Waals surface area contributed by atoms with Gasteiger partial charge in [-0.2, -0.15) is 0 Å². The lowest BCUT2D eigenvalue weighted by molar-refractivity contribution is -0.130. The summed E-state index contributed by atoms with van der Waals surface area (Å²) in [5.41, 5.74) is 1.99. The van der Waals surface area contributed by atoms with Gasteiger partial charge in [0.1, 0.15) is 5.82 Å². The second kappa shape index (κ2) is 4.20. The Hall–Kier alpha value is -1.84. The average Bonchev–Trinajstić information content (AvgIpc) is 2.65. The highest BCUT2D eigenvalue weighted by Crippen LogP contribution is 2.21. The van der Waals surface area contributed by atoms with Crippen molar-refractivity contribution in [1.29, 1.82) is 0 Å². The van der Waals surface area contributed by atoms with Gasteiger partial charge in [-0.15, -0.1) is 0 Å². The summed E-state index contributed by atoms with van der Waals surface area (Å²) in [5.74, 6) is 0.663. The van der Waals surface area contributed by atoms with Crippen LogP contribution in [0.4, 0.5) is 0 Å². The number of para-hydroxylation sites is 2. The summed E-state index contributed by atoms with van der Waals surface area (Å²) in [7, 11) is 5.48. The molecule has 4 nitrogen and oxygen atoms in total. The van der Waals surface area contributed by atoms with E-state index in [9.17, 15) is 4.79 Å². The minimum absolute atomic E-state index is 0.0726. The summed E-state index contributed by atoms with van der Waals surface area (Å²) >= 11 is 0. The van der Waals surface area contributed by atoms with E-state index in [0.717, 1.165) is 16.9 Å². The molecule has 0 saturated carbocycles. The summed E-state index contributed by atoms with van der Waals surface area (Å²) in [4.78, 5) is 18.1. The standard InChI is InChI=1S/C13H17N3O/c1-9(13(17)15(2)3)12-14-10-7-5-6-8-11(10)16(12)4/h5-9H,1-4H3. The Balaban J connectivity index is 2.49. The van der Waals surface area contributed by atoms with Gasteiger partial charge < -0.3 is 9.47 Å². The lowest BCUT2D eigenvalue weighted by Gasteiger charge is -2.16. The third-order valence-corrected chi connectivity index (χ3v) is 3.02. The number of rotatable bonds is 2. The van der Waals surface area contributed by atoms with Crippen LogP contribution in [0.2, 0.25) is 0 Å². The lowest BCUT2D eigenvalue weighted by atomic mass is 10.1. The Morgan fingerprint density at radius 3 is 2.59 bits per heavy atom. The number of likely N-dealkylation sites (N-methyl/N-ethyl adjacent to an activating group) is 1. The molecule has 1 aromatic heterocycles. The monoisotopic (exact) mass is 231 g/mol. The first kappa shape index (κ1) is 11.6. The molecule has 0 saturated heterocycles. The molecule has 1 atom stereocenters. The molecule has 90 valence electrons. The van der Waals surface area contributed by atoms with Gasteiger partial charge in [0.25, 0.3) is 0 Å². The van der Waals surface area contributed by atoms with E-state index in [0.29, 0.717) is 0 Å². The number of aryl methyl sites for hydroxylation is 1. The molecule has 17 heavy (non-hydrogen) atoms. The highest BCUT2D eigenvalue weighted by atomic mass is 16.2. The molecular formula is C13H17N3O. The van der Waals surface area contributed by atoms with Gasteiger partial charge in [-0.3, -0.25) is 4.79 Å². The number of imidazole rings is 1. The Morgan fingerprint density at radius 1 is 1.35 bits per heavy atom. The number of carbonyl (C=O) groups excluding carboxylic acids is 1. The predicted octanol–water partition coefficient (Wildman–Crippen LogP) is 1.77. The van der Waals surface area contributed by atoms with Gasteiger partial charge in [0.05, 0.1) is 17.0 Å². The first-order chi connectivity index (χ1) is 8.02. The first-order valence-electron chi connectivity index (χ1n) is 5.65. The van der Waals surface area contributed by atoms with E-state index in [2.05, 4.69) is 4.98 Å². The van der Waals surface area contributed by atoms with Crippen molar-refractivity contribution in [2.45, 2.75) is 12.8 Å². The largest absolute Gasteiger partial charge is 0.348 e. The molecule has 1 aromatic carbocycles. The maximum absolute atomic E-state index is 11.9. The minimum Gasteiger partial charge on any atom is -0.348 e. The number of nitrogens with zero attached hydrogens (tertiary/aromatic N) is 3. The minimum atomic E-state index is -0.220. The van der Waals surface area contributed by atoms with Gasteiger partial charge in [-0.05, 0) is 19.1 Å². The molecule has 0 fully saturated rings. The number of carbonyl (C=O) groups is 1. The predicted molar refractivity (Wildman–Crippen MR) is 67.8 cm³/mol. The Bertz CT molecular complexity index is 557. The van der Waals surface area contributed by atoms with Crippen LogP contribution in [-0.4, -0.2) is 34.5 Å². The molecule has 1 heterocycles. The van der Waals surface area contributed by atoms with Gasteiger partial charge >= 0.3 is 0 Å². The van der Waals surface area contributed by atoms with Gasteiger partial charge in [0, 0.05) is 21.1 Å². The fourth-order valence-electron chi connectivity index (χ4n) is 2.05. The molecule has 2 rings (SSSR count). The molecular weight excluding hydrogens is 214 g/mol. The van der Waals surface area contributed by atoms with Crippen LogP contribution in [0.5, 0.6) is 0 Å². The average molecular weight is 231 g/mol. The molecule has 1 unspecified atom stereocenters. The van der Waals surface area contributed by atoms with Crippen LogP contribution in [0, 0.1) is 0 Å². The van der Waals surface area contributed by atoms with Crippen molar-refractivity contribution < 1.29 is 4.79 Å².